The molecular weight excluding hydrogens is 124 g/mol. The van der Waals surface area contributed by atoms with E-state index in [1.165, 1.54) is 13.1 Å². The summed E-state index contributed by atoms with van der Waals surface area (Å²) in [4.78, 5) is 0. The molecule has 0 aliphatic rings. The normalized spacial score (nSPS) is 12.0. The van der Waals surface area contributed by atoms with Gasteiger partial charge in [0, 0.05) is 6.54 Å². The summed E-state index contributed by atoms with van der Waals surface area (Å²) < 4.78 is 1.12. The fourth-order valence-electron chi connectivity index (χ4n) is 0.717. The maximum atomic E-state index is 3.32. The van der Waals surface area contributed by atoms with Crippen LogP contribution in [0.2, 0.25) is 0 Å². The van der Waals surface area contributed by atoms with E-state index >= 15 is 0 Å². The third-order valence-corrected chi connectivity index (χ3v) is 2.00. The minimum Gasteiger partial charge on any atom is -0.328 e. The molecule has 0 amide bonds. The van der Waals surface area contributed by atoms with Crippen molar-refractivity contribution in [3.05, 3.63) is 0 Å². The van der Waals surface area contributed by atoms with Crippen LogP contribution in [0.5, 0.6) is 0 Å². The summed E-state index contributed by atoms with van der Waals surface area (Å²) >= 11 is 0. The second kappa shape index (κ2) is 4.69. The molecule has 0 aliphatic heterocycles. The zero-order valence-corrected chi connectivity index (χ0v) is 7.78. The minimum absolute atomic E-state index is 1.09. The van der Waals surface area contributed by atoms with Crippen molar-refractivity contribution in [2.24, 2.45) is 0 Å². The molecule has 2 nitrogen and oxygen atoms in total. The molecule has 62 valence electrons. The number of likely N-dealkylation sites (N-methyl/N-ethyl adjacent to an activating group) is 2. The summed E-state index contributed by atoms with van der Waals surface area (Å²) in [6, 6.07) is 0. The van der Waals surface area contributed by atoms with Gasteiger partial charge in [-0.2, -0.15) is 0 Å². The van der Waals surface area contributed by atoms with Gasteiger partial charge >= 0.3 is 0 Å². The first-order valence-electron chi connectivity index (χ1n) is 4.15. The van der Waals surface area contributed by atoms with E-state index in [1.54, 1.807) is 0 Å². The third-order valence-electron chi connectivity index (χ3n) is 2.00. The van der Waals surface area contributed by atoms with Crippen molar-refractivity contribution >= 4 is 0 Å². The Labute approximate surface area is 64.8 Å². The summed E-state index contributed by atoms with van der Waals surface area (Å²) in [5.74, 6) is 0. The fourth-order valence-corrected chi connectivity index (χ4v) is 0.717. The molecule has 0 spiro atoms. The number of hydrogen-bond acceptors (Lipinski definition) is 1. The molecule has 0 aliphatic carbocycles. The molecule has 0 atom stereocenters. The fraction of sp³-hybridized carbons (Fsp3) is 1.00. The molecule has 0 saturated carbocycles. The lowest BCUT2D eigenvalue weighted by Gasteiger charge is -2.28. The molecule has 0 bridgehead atoms. The van der Waals surface area contributed by atoms with Gasteiger partial charge in [-0.15, -0.1) is 0 Å². The van der Waals surface area contributed by atoms with Crippen molar-refractivity contribution in [3.63, 3.8) is 0 Å². The highest BCUT2D eigenvalue weighted by atomic mass is 15.3. The lowest BCUT2D eigenvalue weighted by atomic mass is 10.4. The summed E-state index contributed by atoms with van der Waals surface area (Å²) in [7, 11) is 4.52. The molecule has 0 heterocycles. The van der Waals surface area contributed by atoms with Gasteiger partial charge in [0.15, 0.2) is 0 Å². The van der Waals surface area contributed by atoms with E-state index in [0.29, 0.717) is 0 Å². The quantitative estimate of drug-likeness (QED) is 0.443. The van der Waals surface area contributed by atoms with E-state index < -0.39 is 0 Å². The summed E-state index contributed by atoms with van der Waals surface area (Å²) in [6.45, 7) is 9.04. The maximum absolute atomic E-state index is 3.32. The summed E-state index contributed by atoms with van der Waals surface area (Å²) in [6.07, 6.45) is 0. The van der Waals surface area contributed by atoms with Crippen LogP contribution in [0.25, 0.3) is 0 Å². The molecule has 0 unspecified atom stereocenters. The van der Waals surface area contributed by atoms with E-state index in [2.05, 4.69) is 33.3 Å². The van der Waals surface area contributed by atoms with Crippen molar-refractivity contribution in [1.82, 2.24) is 5.32 Å². The maximum Gasteiger partial charge on any atom is 0.0909 e. The van der Waals surface area contributed by atoms with Crippen LogP contribution >= 0.6 is 0 Å². The first kappa shape index (κ1) is 9.92. The Balaban J connectivity index is 3.28. The van der Waals surface area contributed by atoms with Crippen LogP contribution in [0.15, 0.2) is 0 Å². The van der Waals surface area contributed by atoms with Crippen molar-refractivity contribution in [3.8, 4) is 0 Å². The van der Waals surface area contributed by atoms with Crippen LogP contribution in [0, 0.1) is 0 Å². The second-order valence-electron chi connectivity index (χ2n) is 3.33. The number of nitrogens with zero attached hydrogens (tertiary/aromatic N) is 1. The van der Waals surface area contributed by atoms with Crippen LogP contribution < -0.4 is 5.32 Å². The molecule has 1 N–H and O–H groups in total. The van der Waals surface area contributed by atoms with Crippen molar-refractivity contribution in [2.45, 2.75) is 13.8 Å². The lowest BCUT2D eigenvalue weighted by molar-refractivity contribution is -0.887. The Kier molecular flexibility index (Phi) is 4.65. The zero-order chi connectivity index (χ0) is 8.04. The molecular formula is C8H21N2+. The van der Waals surface area contributed by atoms with Crippen molar-refractivity contribution in [1.29, 1.82) is 0 Å². The molecule has 2 heteroatoms. The van der Waals surface area contributed by atoms with Crippen LogP contribution in [0.3, 0.4) is 0 Å². The summed E-state index contributed by atoms with van der Waals surface area (Å²) in [5, 5.41) is 3.32. The van der Waals surface area contributed by atoms with E-state index in [-0.39, 0.29) is 0 Å². The van der Waals surface area contributed by atoms with Crippen LogP contribution in [-0.2, 0) is 0 Å². The van der Waals surface area contributed by atoms with Crippen molar-refractivity contribution < 1.29 is 4.48 Å². The van der Waals surface area contributed by atoms with E-state index in [1.807, 2.05) is 0 Å². The van der Waals surface area contributed by atoms with Gasteiger partial charge in [0.25, 0.3) is 0 Å². The Bertz CT molecular complexity index is 79.3. The smallest absolute Gasteiger partial charge is 0.0909 e. The molecule has 0 saturated heterocycles. The zero-order valence-electron chi connectivity index (χ0n) is 7.78. The number of quaternary nitrogens is 1. The lowest BCUT2D eigenvalue weighted by Crippen LogP contribution is -2.44. The Morgan fingerprint density at radius 1 is 1.20 bits per heavy atom. The molecule has 0 aromatic rings. The first-order valence-corrected chi connectivity index (χ1v) is 4.15. The van der Waals surface area contributed by atoms with Gasteiger partial charge in [0.05, 0.1) is 27.2 Å². The second-order valence-corrected chi connectivity index (χ2v) is 3.33. The topological polar surface area (TPSA) is 12.0 Å². The van der Waals surface area contributed by atoms with E-state index in [9.17, 15) is 0 Å². The monoisotopic (exact) mass is 145 g/mol. The Morgan fingerprint density at radius 3 is 2.20 bits per heavy atom. The molecule has 10 heavy (non-hydrogen) atoms. The van der Waals surface area contributed by atoms with Gasteiger partial charge in [-0.1, -0.05) is 6.92 Å². The molecule has 0 rings (SSSR count). The largest absolute Gasteiger partial charge is 0.328 e. The molecule has 0 aromatic carbocycles. The van der Waals surface area contributed by atoms with Crippen LogP contribution in [0.4, 0.5) is 0 Å². The molecule has 0 aromatic heterocycles. The third kappa shape index (κ3) is 4.77. The highest BCUT2D eigenvalue weighted by Gasteiger charge is 2.09. The number of rotatable bonds is 5. The summed E-state index contributed by atoms with van der Waals surface area (Å²) in [5.41, 5.74) is 0. The van der Waals surface area contributed by atoms with Gasteiger partial charge in [0.2, 0.25) is 0 Å². The van der Waals surface area contributed by atoms with Gasteiger partial charge in [-0.25, -0.2) is 0 Å². The van der Waals surface area contributed by atoms with Gasteiger partial charge in [-0.3, -0.25) is 0 Å². The van der Waals surface area contributed by atoms with E-state index in [4.69, 9.17) is 0 Å². The minimum atomic E-state index is 1.09. The predicted molar refractivity (Wildman–Crippen MR) is 46.1 cm³/mol. The standard InChI is InChI=1S/C8H21N2/c1-5-9-7-8-10(3,4)6-2/h9H,5-8H2,1-4H3/q+1. The van der Waals surface area contributed by atoms with Gasteiger partial charge < -0.3 is 9.80 Å². The Morgan fingerprint density at radius 2 is 1.80 bits per heavy atom. The number of hydrogen-bond donors (Lipinski definition) is 1. The highest BCUT2D eigenvalue weighted by molar-refractivity contribution is 4.40. The van der Waals surface area contributed by atoms with Gasteiger partial charge in [-0.05, 0) is 13.5 Å². The van der Waals surface area contributed by atoms with Crippen molar-refractivity contribution in [2.75, 3.05) is 40.3 Å². The van der Waals surface area contributed by atoms with E-state index in [0.717, 1.165) is 17.6 Å². The van der Waals surface area contributed by atoms with Gasteiger partial charge in [0.1, 0.15) is 0 Å². The SMILES string of the molecule is CCNCC[N+](C)(C)CC. The molecule has 0 fully saturated rings. The molecule has 0 radical (unpaired) electrons. The average Bonchev–Trinajstić information content (AvgIpc) is 1.89. The first-order chi connectivity index (χ1) is 4.62. The van der Waals surface area contributed by atoms with Crippen LogP contribution in [-0.4, -0.2) is 44.8 Å². The predicted octanol–water partition coefficient (Wildman–Crippen LogP) is 0.692. The Hall–Kier alpha value is -0.0800. The average molecular weight is 145 g/mol. The number of nitrogens with one attached hydrogen (secondary N) is 1. The highest BCUT2D eigenvalue weighted by Crippen LogP contribution is 1.92. The van der Waals surface area contributed by atoms with Crippen LogP contribution in [0.1, 0.15) is 13.8 Å².